The second kappa shape index (κ2) is 8.40. The number of carbonyl (C=O) groups is 1. The van der Waals surface area contributed by atoms with Crippen LogP contribution in [0.4, 0.5) is 19.1 Å². The number of carbonyl (C=O) groups excluding carboxylic acids is 1. The number of aromatic nitrogens is 4. The van der Waals surface area contributed by atoms with Gasteiger partial charge in [0.15, 0.2) is 0 Å². The number of H-pyrrole nitrogens is 1. The van der Waals surface area contributed by atoms with Gasteiger partial charge in [0.05, 0.1) is 17.3 Å². The first-order valence-corrected chi connectivity index (χ1v) is 9.91. The maximum Gasteiger partial charge on any atom is 0.416 e. The smallest absolute Gasteiger partial charge is 0.368 e. The number of anilines is 1. The summed E-state index contributed by atoms with van der Waals surface area (Å²) < 4.78 is 39.8. The Hall–Kier alpha value is -3.76. The summed E-state index contributed by atoms with van der Waals surface area (Å²) >= 11 is 0. The molecule has 0 aliphatic carbocycles. The van der Waals surface area contributed by atoms with Crippen molar-refractivity contribution >= 4 is 11.9 Å². The fourth-order valence-electron chi connectivity index (χ4n) is 3.82. The van der Waals surface area contributed by atoms with Crippen LogP contribution >= 0.6 is 0 Å². The number of nitrogen functional groups attached to an aromatic ring is 1. The first-order chi connectivity index (χ1) is 15.2. The van der Waals surface area contributed by atoms with Gasteiger partial charge in [-0.05, 0) is 43.0 Å². The van der Waals surface area contributed by atoms with Crippen molar-refractivity contribution in [2.75, 3.05) is 12.3 Å². The zero-order valence-electron chi connectivity index (χ0n) is 16.8. The van der Waals surface area contributed by atoms with E-state index >= 15 is 0 Å². The maximum absolute atomic E-state index is 13.3. The summed E-state index contributed by atoms with van der Waals surface area (Å²) in [5.41, 5.74) is 5.63. The van der Waals surface area contributed by atoms with E-state index in [1.807, 2.05) is 0 Å². The van der Waals surface area contributed by atoms with E-state index in [0.29, 0.717) is 24.2 Å². The molecule has 0 spiro atoms. The molecule has 4 rings (SSSR count). The Morgan fingerprint density at radius 2 is 2.00 bits per heavy atom. The van der Waals surface area contributed by atoms with Crippen molar-refractivity contribution in [3.8, 4) is 11.1 Å². The van der Waals surface area contributed by atoms with E-state index < -0.39 is 29.2 Å². The van der Waals surface area contributed by atoms with Gasteiger partial charge in [-0.15, -0.1) is 0 Å². The first-order valence-electron chi connectivity index (χ1n) is 9.91. The van der Waals surface area contributed by atoms with Gasteiger partial charge in [0.2, 0.25) is 5.95 Å². The van der Waals surface area contributed by atoms with Crippen LogP contribution in [0.3, 0.4) is 0 Å². The number of amides is 1. The Balaban J connectivity index is 1.78. The molecule has 3 N–H and O–H groups in total. The van der Waals surface area contributed by atoms with Crippen LogP contribution in [0.1, 0.15) is 47.1 Å². The van der Waals surface area contributed by atoms with Crippen molar-refractivity contribution in [2.24, 2.45) is 0 Å². The van der Waals surface area contributed by atoms with Gasteiger partial charge in [-0.2, -0.15) is 18.3 Å². The van der Waals surface area contributed by atoms with Crippen LogP contribution in [0.2, 0.25) is 0 Å². The van der Waals surface area contributed by atoms with E-state index in [-0.39, 0.29) is 17.2 Å². The minimum Gasteiger partial charge on any atom is -0.368 e. The number of nitrogens with zero attached hydrogens (tertiary/aromatic N) is 4. The molecule has 3 aromatic rings. The summed E-state index contributed by atoms with van der Waals surface area (Å²) in [5, 5.41) is 6.04. The van der Waals surface area contributed by atoms with Crippen LogP contribution in [0.5, 0.6) is 0 Å². The summed E-state index contributed by atoms with van der Waals surface area (Å²) in [4.78, 5) is 34.3. The SMILES string of the molecule is Nc1ncc(-c2cccc(C(F)(F)F)c2)c(C2CCCCN2C(=O)c2ccc(=O)[nH]n2)n1. The molecule has 1 aliphatic rings. The number of alkyl halides is 3. The van der Waals surface area contributed by atoms with Gasteiger partial charge in [-0.3, -0.25) is 9.59 Å². The molecule has 32 heavy (non-hydrogen) atoms. The summed E-state index contributed by atoms with van der Waals surface area (Å²) in [7, 11) is 0. The number of rotatable bonds is 3. The fraction of sp³-hybridized carbons (Fsp3) is 0.286. The zero-order chi connectivity index (χ0) is 22.9. The van der Waals surface area contributed by atoms with E-state index in [9.17, 15) is 22.8 Å². The standard InChI is InChI=1S/C21H19F3N6O2/c22-21(23,24)13-5-3-4-12(10-13)14-11-26-20(25)27-18(14)16-6-1-2-9-30(16)19(32)15-7-8-17(31)29-28-15/h3-5,7-8,10-11,16H,1-2,6,9H2,(H,29,31)(H2,25,26,27). The number of nitrogens with one attached hydrogen (secondary N) is 1. The largest absolute Gasteiger partial charge is 0.416 e. The minimum absolute atomic E-state index is 0.0455. The quantitative estimate of drug-likeness (QED) is 0.641. The molecule has 0 bridgehead atoms. The monoisotopic (exact) mass is 444 g/mol. The Labute approximate surface area is 180 Å². The topological polar surface area (TPSA) is 118 Å². The Kier molecular flexibility index (Phi) is 5.64. The average Bonchev–Trinajstić information content (AvgIpc) is 2.78. The zero-order valence-corrected chi connectivity index (χ0v) is 16.8. The highest BCUT2D eigenvalue weighted by Crippen LogP contribution is 2.38. The van der Waals surface area contributed by atoms with Gasteiger partial charge >= 0.3 is 6.18 Å². The molecule has 3 heterocycles. The molecule has 2 aromatic heterocycles. The van der Waals surface area contributed by atoms with Crippen molar-refractivity contribution in [3.05, 3.63) is 69.9 Å². The first kappa shape index (κ1) is 21.5. The Bertz CT molecular complexity index is 1190. The van der Waals surface area contributed by atoms with E-state index in [1.165, 1.54) is 30.5 Å². The normalized spacial score (nSPS) is 16.7. The number of likely N-dealkylation sites (tertiary alicyclic amines) is 1. The summed E-state index contributed by atoms with van der Waals surface area (Å²) in [6.07, 6.45) is -1.06. The van der Waals surface area contributed by atoms with Crippen molar-refractivity contribution in [3.63, 3.8) is 0 Å². The van der Waals surface area contributed by atoms with Gasteiger partial charge in [0.25, 0.3) is 11.5 Å². The molecule has 11 heteroatoms. The molecular weight excluding hydrogens is 425 g/mol. The lowest BCUT2D eigenvalue weighted by molar-refractivity contribution is -0.137. The summed E-state index contributed by atoms with van der Waals surface area (Å²) in [6, 6.07) is 6.85. The second-order valence-corrected chi connectivity index (χ2v) is 7.42. The maximum atomic E-state index is 13.3. The van der Waals surface area contributed by atoms with Crippen LogP contribution in [0.25, 0.3) is 11.1 Å². The van der Waals surface area contributed by atoms with Crippen LogP contribution in [0.15, 0.2) is 47.4 Å². The molecule has 166 valence electrons. The predicted octanol–water partition coefficient (Wildman–Crippen LogP) is 3.20. The number of hydrogen-bond donors (Lipinski definition) is 2. The fourth-order valence-corrected chi connectivity index (χ4v) is 3.82. The van der Waals surface area contributed by atoms with Gasteiger partial charge in [0, 0.05) is 24.4 Å². The molecule has 1 atom stereocenters. The lowest BCUT2D eigenvalue weighted by Gasteiger charge is -2.36. The molecular formula is C21H19F3N6O2. The van der Waals surface area contributed by atoms with Crippen LogP contribution < -0.4 is 11.3 Å². The summed E-state index contributed by atoms with van der Waals surface area (Å²) in [6.45, 7) is 0.399. The van der Waals surface area contributed by atoms with Gasteiger partial charge < -0.3 is 10.6 Å². The number of benzene rings is 1. The number of halogens is 3. The van der Waals surface area contributed by atoms with E-state index in [0.717, 1.165) is 25.0 Å². The van der Waals surface area contributed by atoms with Gasteiger partial charge in [0.1, 0.15) is 5.69 Å². The summed E-state index contributed by atoms with van der Waals surface area (Å²) in [5.74, 6) is -0.464. The molecule has 1 saturated heterocycles. The highest BCUT2D eigenvalue weighted by Gasteiger charge is 2.34. The lowest BCUT2D eigenvalue weighted by atomic mass is 9.93. The molecule has 0 saturated carbocycles. The predicted molar refractivity (Wildman–Crippen MR) is 109 cm³/mol. The molecule has 0 radical (unpaired) electrons. The third-order valence-electron chi connectivity index (χ3n) is 5.32. The number of aromatic amines is 1. The highest BCUT2D eigenvalue weighted by molar-refractivity contribution is 5.92. The second-order valence-electron chi connectivity index (χ2n) is 7.42. The van der Waals surface area contributed by atoms with Crippen molar-refractivity contribution in [1.29, 1.82) is 0 Å². The van der Waals surface area contributed by atoms with Crippen LogP contribution in [-0.4, -0.2) is 37.5 Å². The molecule has 1 amide bonds. The molecule has 1 unspecified atom stereocenters. The number of nitrogens with two attached hydrogens (primary N) is 1. The van der Waals surface area contributed by atoms with E-state index in [4.69, 9.17) is 5.73 Å². The average molecular weight is 444 g/mol. The number of hydrogen-bond acceptors (Lipinski definition) is 6. The highest BCUT2D eigenvalue weighted by atomic mass is 19.4. The third-order valence-corrected chi connectivity index (χ3v) is 5.32. The van der Waals surface area contributed by atoms with Gasteiger partial charge in [-0.1, -0.05) is 12.1 Å². The Morgan fingerprint density at radius 1 is 1.19 bits per heavy atom. The molecule has 8 nitrogen and oxygen atoms in total. The van der Waals surface area contributed by atoms with Crippen LogP contribution in [0, 0.1) is 0 Å². The van der Waals surface area contributed by atoms with Crippen molar-refractivity contribution in [1.82, 2.24) is 25.1 Å². The number of piperidine rings is 1. The minimum atomic E-state index is -4.51. The molecule has 1 aromatic carbocycles. The van der Waals surface area contributed by atoms with Crippen LogP contribution in [-0.2, 0) is 6.18 Å². The Morgan fingerprint density at radius 3 is 2.72 bits per heavy atom. The van der Waals surface area contributed by atoms with Crippen molar-refractivity contribution < 1.29 is 18.0 Å². The van der Waals surface area contributed by atoms with Crippen molar-refractivity contribution in [2.45, 2.75) is 31.5 Å². The lowest BCUT2D eigenvalue weighted by Crippen LogP contribution is -2.40. The molecule has 1 fully saturated rings. The molecule has 1 aliphatic heterocycles. The van der Waals surface area contributed by atoms with E-state index in [2.05, 4.69) is 20.2 Å². The van der Waals surface area contributed by atoms with Gasteiger partial charge in [-0.25, -0.2) is 15.1 Å². The van der Waals surface area contributed by atoms with E-state index in [1.54, 1.807) is 4.90 Å². The third kappa shape index (κ3) is 4.32.